The first-order valence-corrected chi connectivity index (χ1v) is 7.35. The Labute approximate surface area is 129 Å². The van der Waals surface area contributed by atoms with Crippen LogP contribution in [-0.2, 0) is 14.3 Å². The van der Waals surface area contributed by atoms with E-state index in [0.29, 0.717) is 29.5 Å². The van der Waals surface area contributed by atoms with Gasteiger partial charge in [0.1, 0.15) is 0 Å². The second kappa shape index (κ2) is 7.15. The minimum absolute atomic E-state index is 0.177. The monoisotopic (exact) mass is 307 g/mol. The van der Waals surface area contributed by atoms with Crippen molar-refractivity contribution in [2.24, 2.45) is 5.92 Å². The van der Waals surface area contributed by atoms with E-state index in [2.05, 4.69) is 5.32 Å². The molecule has 0 saturated heterocycles. The van der Waals surface area contributed by atoms with Gasteiger partial charge in [0.15, 0.2) is 17.6 Å². The van der Waals surface area contributed by atoms with Gasteiger partial charge in [0.2, 0.25) is 6.79 Å². The van der Waals surface area contributed by atoms with E-state index in [9.17, 15) is 9.59 Å². The summed E-state index contributed by atoms with van der Waals surface area (Å²) in [5.41, 5.74) is 0.569. The van der Waals surface area contributed by atoms with Crippen LogP contribution in [-0.4, -0.2) is 24.8 Å². The predicted molar refractivity (Wildman–Crippen MR) is 80.8 cm³/mol. The van der Waals surface area contributed by atoms with E-state index in [4.69, 9.17) is 14.2 Å². The maximum atomic E-state index is 12.0. The van der Waals surface area contributed by atoms with Gasteiger partial charge in [-0.15, -0.1) is 0 Å². The van der Waals surface area contributed by atoms with Crippen LogP contribution in [0.15, 0.2) is 18.2 Å². The molecule has 1 heterocycles. The number of anilines is 1. The minimum Gasteiger partial charge on any atom is -0.454 e. The van der Waals surface area contributed by atoms with E-state index in [1.54, 1.807) is 25.1 Å². The van der Waals surface area contributed by atoms with E-state index in [-0.39, 0.29) is 18.7 Å². The fourth-order valence-corrected chi connectivity index (χ4v) is 1.93. The number of carbonyl (C=O) groups excluding carboxylic acids is 2. The second-order valence-electron chi connectivity index (χ2n) is 5.62. The Hall–Kier alpha value is -2.24. The maximum absolute atomic E-state index is 12.0. The summed E-state index contributed by atoms with van der Waals surface area (Å²) in [6.45, 7) is 5.79. The first-order valence-electron chi connectivity index (χ1n) is 7.35. The van der Waals surface area contributed by atoms with Gasteiger partial charge in [-0.25, -0.2) is 0 Å². The fraction of sp³-hybridized carbons (Fsp3) is 0.500. The molecule has 0 bridgehead atoms. The quantitative estimate of drug-likeness (QED) is 0.818. The molecule has 1 amide bonds. The Bertz CT molecular complexity index is 555. The Kier molecular flexibility index (Phi) is 5.25. The highest BCUT2D eigenvalue weighted by molar-refractivity contribution is 5.95. The molecular formula is C16H21NO5. The van der Waals surface area contributed by atoms with Crippen molar-refractivity contribution < 1.29 is 23.8 Å². The third-order valence-electron chi connectivity index (χ3n) is 3.24. The van der Waals surface area contributed by atoms with Crippen molar-refractivity contribution in [1.29, 1.82) is 0 Å². The molecule has 1 aromatic carbocycles. The summed E-state index contributed by atoms with van der Waals surface area (Å²) in [5.74, 6) is 0.912. The summed E-state index contributed by atoms with van der Waals surface area (Å²) in [6, 6.07) is 5.10. The molecule has 120 valence electrons. The molecule has 6 nitrogen and oxygen atoms in total. The van der Waals surface area contributed by atoms with Gasteiger partial charge in [0, 0.05) is 18.2 Å². The van der Waals surface area contributed by atoms with Crippen LogP contribution < -0.4 is 14.8 Å². The Morgan fingerprint density at radius 2 is 1.95 bits per heavy atom. The first kappa shape index (κ1) is 16.1. The molecule has 1 aromatic rings. The lowest BCUT2D eigenvalue weighted by Gasteiger charge is -2.14. The van der Waals surface area contributed by atoms with Gasteiger partial charge in [-0.3, -0.25) is 9.59 Å². The Morgan fingerprint density at radius 3 is 2.68 bits per heavy atom. The zero-order chi connectivity index (χ0) is 16.1. The van der Waals surface area contributed by atoms with Crippen LogP contribution in [0.3, 0.4) is 0 Å². The number of hydrogen-bond acceptors (Lipinski definition) is 5. The number of fused-ring (bicyclic) bond motifs is 1. The van der Waals surface area contributed by atoms with Gasteiger partial charge in [0.25, 0.3) is 5.91 Å². The number of nitrogens with one attached hydrogen (secondary N) is 1. The zero-order valence-electron chi connectivity index (χ0n) is 13.0. The lowest BCUT2D eigenvalue weighted by atomic mass is 10.1. The molecule has 22 heavy (non-hydrogen) atoms. The van der Waals surface area contributed by atoms with Crippen LogP contribution in [0, 0.1) is 5.92 Å². The van der Waals surface area contributed by atoms with E-state index >= 15 is 0 Å². The normalized spacial score (nSPS) is 13.8. The average Bonchev–Trinajstić information content (AvgIpc) is 2.92. The van der Waals surface area contributed by atoms with Gasteiger partial charge in [-0.1, -0.05) is 13.8 Å². The molecule has 1 aliphatic rings. The van der Waals surface area contributed by atoms with Crippen LogP contribution >= 0.6 is 0 Å². The number of ether oxygens (including phenoxy) is 3. The number of rotatable bonds is 6. The fourth-order valence-electron chi connectivity index (χ4n) is 1.93. The van der Waals surface area contributed by atoms with Crippen molar-refractivity contribution in [2.45, 2.75) is 39.7 Å². The lowest BCUT2D eigenvalue weighted by molar-refractivity contribution is -0.153. The van der Waals surface area contributed by atoms with Crippen LogP contribution in [0.4, 0.5) is 5.69 Å². The van der Waals surface area contributed by atoms with Gasteiger partial charge < -0.3 is 19.5 Å². The van der Waals surface area contributed by atoms with Crippen LogP contribution in [0.1, 0.15) is 33.6 Å². The number of carbonyl (C=O) groups is 2. The third kappa shape index (κ3) is 4.38. The van der Waals surface area contributed by atoms with E-state index < -0.39 is 6.10 Å². The summed E-state index contributed by atoms with van der Waals surface area (Å²) < 4.78 is 15.6. The van der Waals surface area contributed by atoms with Gasteiger partial charge >= 0.3 is 5.97 Å². The third-order valence-corrected chi connectivity index (χ3v) is 3.24. The van der Waals surface area contributed by atoms with Crippen molar-refractivity contribution in [3.05, 3.63) is 18.2 Å². The second-order valence-corrected chi connectivity index (χ2v) is 5.62. The summed E-state index contributed by atoms with van der Waals surface area (Å²) in [6.07, 6.45) is 0.222. The molecule has 1 N–H and O–H groups in total. The molecule has 1 atom stereocenters. The molecule has 0 aliphatic carbocycles. The molecule has 0 saturated carbocycles. The maximum Gasteiger partial charge on any atom is 0.306 e. The number of benzene rings is 1. The van der Waals surface area contributed by atoms with Crippen LogP contribution in [0.25, 0.3) is 0 Å². The summed E-state index contributed by atoms with van der Waals surface area (Å²) >= 11 is 0. The Balaban J connectivity index is 1.84. The number of hydrogen-bond donors (Lipinski definition) is 1. The smallest absolute Gasteiger partial charge is 0.306 e. The lowest BCUT2D eigenvalue weighted by Crippen LogP contribution is -2.30. The molecule has 1 aliphatic heterocycles. The molecule has 6 heteroatoms. The highest BCUT2D eigenvalue weighted by Crippen LogP contribution is 2.34. The van der Waals surface area contributed by atoms with Crippen molar-refractivity contribution in [3.63, 3.8) is 0 Å². The molecule has 0 fully saturated rings. The SMILES string of the molecule is CC(C)CCC(=O)O[C@@H](C)C(=O)Nc1ccc2c(c1)OCO2. The van der Waals surface area contributed by atoms with E-state index in [1.807, 2.05) is 13.8 Å². The van der Waals surface area contributed by atoms with Crippen molar-refractivity contribution in [3.8, 4) is 11.5 Å². The highest BCUT2D eigenvalue weighted by Gasteiger charge is 2.19. The van der Waals surface area contributed by atoms with E-state index in [1.165, 1.54) is 0 Å². The molecule has 0 spiro atoms. The topological polar surface area (TPSA) is 73.9 Å². The molecule has 0 radical (unpaired) electrons. The molecule has 2 rings (SSSR count). The molecule has 0 aromatic heterocycles. The zero-order valence-corrected chi connectivity index (χ0v) is 13.0. The summed E-state index contributed by atoms with van der Waals surface area (Å²) in [7, 11) is 0. The largest absolute Gasteiger partial charge is 0.454 e. The number of esters is 1. The van der Waals surface area contributed by atoms with Crippen molar-refractivity contribution in [1.82, 2.24) is 0 Å². The van der Waals surface area contributed by atoms with Gasteiger partial charge in [-0.05, 0) is 31.4 Å². The number of amides is 1. The van der Waals surface area contributed by atoms with Crippen molar-refractivity contribution in [2.75, 3.05) is 12.1 Å². The van der Waals surface area contributed by atoms with Crippen LogP contribution in [0.5, 0.6) is 11.5 Å². The Morgan fingerprint density at radius 1 is 1.23 bits per heavy atom. The molecular weight excluding hydrogens is 286 g/mol. The summed E-state index contributed by atoms with van der Waals surface area (Å²) in [5, 5.41) is 2.69. The van der Waals surface area contributed by atoms with Gasteiger partial charge in [-0.2, -0.15) is 0 Å². The standard InChI is InChI=1S/C16H21NO5/c1-10(2)4-7-15(18)22-11(3)16(19)17-12-5-6-13-14(8-12)21-9-20-13/h5-6,8,10-11H,4,7,9H2,1-3H3,(H,17,19)/t11-/m0/s1. The van der Waals surface area contributed by atoms with Crippen LogP contribution in [0.2, 0.25) is 0 Å². The molecule has 0 unspecified atom stereocenters. The van der Waals surface area contributed by atoms with Crippen molar-refractivity contribution >= 4 is 17.6 Å². The highest BCUT2D eigenvalue weighted by atomic mass is 16.7. The minimum atomic E-state index is -0.843. The van der Waals surface area contributed by atoms with Gasteiger partial charge in [0.05, 0.1) is 0 Å². The summed E-state index contributed by atoms with van der Waals surface area (Å²) in [4.78, 5) is 23.7. The average molecular weight is 307 g/mol. The predicted octanol–water partition coefficient (Wildman–Crippen LogP) is 2.72. The van der Waals surface area contributed by atoms with E-state index in [0.717, 1.165) is 6.42 Å². The first-order chi connectivity index (χ1) is 10.5.